The molecule has 2 bridgehead atoms. The zero-order valence-electron chi connectivity index (χ0n) is 17.3. The molecule has 3 aromatic rings. The molecule has 30 heavy (non-hydrogen) atoms. The number of aromatic amines is 1. The van der Waals surface area contributed by atoms with Crippen LogP contribution in [0.25, 0.3) is 10.9 Å². The molecule has 3 N–H and O–H groups in total. The van der Waals surface area contributed by atoms with Gasteiger partial charge in [0, 0.05) is 47.5 Å². The molecule has 0 aromatic carbocycles. The molecule has 5 rings (SSSR count). The summed E-state index contributed by atoms with van der Waals surface area (Å²) in [5.41, 5.74) is 1.88. The number of aromatic nitrogens is 4. The van der Waals surface area contributed by atoms with E-state index in [1.807, 2.05) is 32.0 Å². The van der Waals surface area contributed by atoms with E-state index in [0.29, 0.717) is 23.9 Å². The Morgan fingerprint density at radius 3 is 2.73 bits per heavy atom. The molecule has 0 amide bonds. The maximum atomic E-state index is 9.38. The first-order chi connectivity index (χ1) is 14.6. The number of fused-ring (bicyclic) bond motifs is 3. The van der Waals surface area contributed by atoms with Gasteiger partial charge in [0.1, 0.15) is 11.6 Å². The van der Waals surface area contributed by atoms with E-state index in [1.165, 1.54) is 12.8 Å². The van der Waals surface area contributed by atoms with Crippen molar-refractivity contribution in [1.82, 2.24) is 25.1 Å². The summed E-state index contributed by atoms with van der Waals surface area (Å²) < 4.78 is 0. The molecule has 0 spiro atoms. The fourth-order valence-corrected chi connectivity index (χ4v) is 5.09. The lowest BCUT2D eigenvalue weighted by Crippen LogP contribution is -2.50. The molecule has 8 heteroatoms. The predicted molar refractivity (Wildman–Crippen MR) is 117 cm³/mol. The third kappa shape index (κ3) is 3.46. The Balaban J connectivity index is 1.41. The smallest absolute Gasteiger partial charge is 0.153 e. The molecule has 2 saturated heterocycles. The SMILES string of the molecule is Cc1cc(Nc2cc3ncccc3c(NC3C[C@H]4CC[C@@H](C3)N4C(C)C#N)n2)n[nH]1. The molecule has 2 fully saturated rings. The predicted octanol–water partition coefficient (Wildman–Crippen LogP) is 3.72. The minimum Gasteiger partial charge on any atom is -0.367 e. The van der Waals surface area contributed by atoms with E-state index < -0.39 is 0 Å². The molecule has 0 radical (unpaired) electrons. The van der Waals surface area contributed by atoms with Gasteiger partial charge in [-0.05, 0) is 51.7 Å². The molecule has 5 heterocycles. The summed E-state index contributed by atoms with van der Waals surface area (Å²) in [7, 11) is 0. The summed E-state index contributed by atoms with van der Waals surface area (Å²) in [5.74, 6) is 2.30. The third-order valence-electron chi connectivity index (χ3n) is 6.33. The summed E-state index contributed by atoms with van der Waals surface area (Å²) in [4.78, 5) is 11.8. The van der Waals surface area contributed by atoms with Crippen molar-refractivity contribution in [2.75, 3.05) is 10.6 Å². The van der Waals surface area contributed by atoms with Crippen LogP contribution < -0.4 is 10.6 Å². The Morgan fingerprint density at radius 1 is 1.23 bits per heavy atom. The van der Waals surface area contributed by atoms with Crippen LogP contribution in [0.5, 0.6) is 0 Å². The molecule has 2 unspecified atom stereocenters. The lowest BCUT2D eigenvalue weighted by molar-refractivity contribution is 0.113. The zero-order chi connectivity index (χ0) is 20.7. The average molecular weight is 403 g/mol. The topological polar surface area (TPSA) is 106 Å². The third-order valence-corrected chi connectivity index (χ3v) is 6.33. The minimum atomic E-state index is -0.0172. The quantitative estimate of drug-likeness (QED) is 0.597. The van der Waals surface area contributed by atoms with Crippen LogP contribution in [0, 0.1) is 18.3 Å². The first kappa shape index (κ1) is 18.8. The largest absolute Gasteiger partial charge is 0.367 e. The number of hydrogen-bond acceptors (Lipinski definition) is 7. The van der Waals surface area contributed by atoms with Crippen LogP contribution in [0.1, 0.15) is 38.3 Å². The van der Waals surface area contributed by atoms with Gasteiger partial charge in [0.05, 0.1) is 17.6 Å². The lowest BCUT2D eigenvalue weighted by Gasteiger charge is -2.40. The number of nitriles is 1. The fraction of sp³-hybridized carbons (Fsp3) is 0.455. The van der Waals surface area contributed by atoms with Crippen molar-refractivity contribution in [3.05, 3.63) is 36.2 Å². The highest BCUT2D eigenvalue weighted by Crippen LogP contribution is 2.38. The van der Waals surface area contributed by atoms with Gasteiger partial charge in [0.25, 0.3) is 0 Å². The van der Waals surface area contributed by atoms with E-state index in [-0.39, 0.29) is 6.04 Å². The molecule has 154 valence electrons. The van der Waals surface area contributed by atoms with Gasteiger partial charge in [-0.3, -0.25) is 15.0 Å². The second kappa shape index (κ2) is 7.58. The van der Waals surface area contributed by atoms with E-state index >= 15 is 0 Å². The van der Waals surface area contributed by atoms with Crippen molar-refractivity contribution in [2.45, 2.75) is 63.7 Å². The Morgan fingerprint density at radius 2 is 2.03 bits per heavy atom. The van der Waals surface area contributed by atoms with Crippen LogP contribution in [-0.2, 0) is 0 Å². The molecule has 2 aliphatic rings. The van der Waals surface area contributed by atoms with Gasteiger partial charge in [0.15, 0.2) is 5.82 Å². The van der Waals surface area contributed by atoms with Gasteiger partial charge in [-0.2, -0.15) is 10.4 Å². The Kier molecular flexibility index (Phi) is 4.75. The van der Waals surface area contributed by atoms with Gasteiger partial charge < -0.3 is 10.6 Å². The van der Waals surface area contributed by atoms with E-state index in [0.717, 1.165) is 41.1 Å². The Bertz CT molecular complexity index is 1090. The van der Waals surface area contributed by atoms with Crippen molar-refractivity contribution < 1.29 is 0 Å². The maximum Gasteiger partial charge on any atom is 0.153 e. The van der Waals surface area contributed by atoms with Crippen LogP contribution in [0.15, 0.2) is 30.5 Å². The first-order valence-electron chi connectivity index (χ1n) is 10.6. The molecule has 2 aliphatic heterocycles. The van der Waals surface area contributed by atoms with Crippen molar-refractivity contribution in [3.8, 4) is 6.07 Å². The molecule has 4 atom stereocenters. The first-order valence-corrected chi connectivity index (χ1v) is 10.6. The number of nitrogens with one attached hydrogen (secondary N) is 3. The van der Waals surface area contributed by atoms with Crippen molar-refractivity contribution in [1.29, 1.82) is 5.26 Å². The lowest BCUT2D eigenvalue weighted by atomic mass is 9.95. The number of anilines is 3. The van der Waals surface area contributed by atoms with Gasteiger partial charge in [-0.15, -0.1) is 0 Å². The highest BCUT2D eigenvalue weighted by molar-refractivity contribution is 5.91. The van der Waals surface area contributed by atoms with Crippen LogP contribution in [0.4, 0.5) is 17.5 Å². The minimum absolute atomic E-state index is 0.0172. The number of rotatable bonds is 5. The van der Waals surface area contributed by atoms with Crippen molar-refractivity contribution in [2.24, 2.45) is 0 Å². The number of aryl methyl sites for hydroxylation is 1. The highest BCUT2D eigenvalue weighted by Gasteiger charge is 2.43. The molecule has 0 aliphatic carbocycles. The second-order valence-electron chi connectivity index (χ2n) is 8.44. The van der Waals surface area contributed by atoms with E-state index in [4.69, 9.17) is 4.98 Å². The molecule has 0 saturated carbocycles. The summed E-state index contributed by atoms with van der Waals surface area (Å²) in [6.45, 7) is 3.99. The summed E-state index contributed by atoms with van der Waals surface area (Å²) in [5, 5.41) is 24.6. The highest BCUT2D eigenvalue weighted by atomic mass is 15.3. The van der Waals surface area contributed by atoms with Crippen LogP contribution in [0.2, 0.25) is 0 Å². The number of H-pyrrole nitrogens is 1. The monoisotopic (exact) mass is 402 g/mol. The molecule has 3 aromatic heterocycles. The van der Waals surface area contributed by atoms with E-state index in [2.05, 4.69) is 42.9 Å². The number of hydrogen-bond donors (Lipinski definition) is 3. The Labute approximate surface area is 175 Å². The fourth-order valence-electron chi connectivity index (χ4n) is 5.09. The van der Waals surface area contributed by atoms with Gasteiger partial charge in [-0.25, -0.2) is 4.98 Å². The number of pyridine rings is 2. The van der Waals surface area contributed by atoms with E-state index in [1.54, 1.807) is 6.20 Å². The summed E-state index contributed by atoms with van der Waals surface area (Å²) in [6.07, 6.45) is 6.20. The number of nitrogens with zero attached hydrogens (tertiary/aromatic N) is 5. The average Bonchev–Trinajstić information content (AvgIpc) is 3.27. The summed E-state index contributed by atoms with van der Waals surface area (Å²) in [6, 6.07) is 11.6. The Hall–Kier alpha value is -3.18. The second-order valence-corrected chi connectivity index (χ2v) is 8.44. The van der Waals surface area contributed by atoms with Gasteiger partial charge in [-0.1, -0.05) is 0 Å². The van der Waals surface area contributed by atoms with Crippen LogP contribution in [-0.4, -0.2) is 49.2 Å². The normalized spacial score (nSPS) is 24.5. The van der Waals surface area contributed by atoms with Crippen molar-refractivity contribution in [3.63, 3.8) is 0 Å². The standard InChI is InChI=1S/C22H26N8/c1-13-8-21(29-28-13)26-20-11-19-18(4-3-7-24-19)22(27-20)25-15-9-16-5-6-17(10-15)30(16)14(2)12-23/h3-4,7-8,11,14-17H,5-6,9-10H2,1-2H3,(H3,25,26,27,28,29)/t14?,15?,16-,17+. The van der Waals surface area contributed by atoms with E-state index in [9.17, 15) is 5.26 Å². The van der Waals surface area contributed by atoms with Crippen molar-refractivity contribution >= 4 is 28.4 Å². The van der Waals surface area contributed by atoms with Gasteiger partial charge in [0.2, 0.25) is 0 Å². The van der Waals surface area contributed by atoms with Crippen LogP contribution >= 0.6 is 0 Å². The number of piperidine rings is 1. The molecule has 8 nitrogen and oxygen atoms in total. The summed E-state index contributed by atoms with van der Waals surface area (Å²) >= 11 is 0. The van der Waals surface area contributed by atoms with Gasteiger partial charge >= 0.3 is 0 Å². The molecular formula is C22H26N8. The molecular weight excluding hydrogens is 376 g/mol. The zero-order valence-corrected chi connectivity index (χ0v) is 17.3. The maximum absolute atomic E-state index is 9.38. The van der Waals surface area contributed by atoms with Crippen LogP contribution in [0.3, 0.4) is 0 Å².